The van der Waals surface area contributed by atoms with Crippen molar-refractivity contribution in [2.45, 2.75) is 53.0 Å². The number of oxazole rings is 1. The Morgan fingerprint density at radius 1 is 1.22 bits per heavy atom. The number of benzene rings is 1. The van der Waals surface area contributed by atoms with Crippen LogP contribution in [0.2, 0.25) is 0 Å². The summed E-state index contributed by atoms with van der Waals surface area (Å²) in [6.45, 7) is 9.63. The largest absolute Gasteiger partial charge is 0.494 e. The highest BCUT2D eigenvalue weighted by atomic mass is 16.5. The first-order valence-corrected chi connectivity index (χ1v) is 10.5. The minimum absolute atomic E-state index is 0.554. The molecule has 0 unspecified atom stereocenters. The molecule has 27 heavy (non-hydrogen) atoms. The highest BCUT2D eigenvalue weighted by molar-refractivity contribution is 5.54. The Kier molecular flexibility index (Phi) is 5.27. The zero-order valence-corrected chi connectivity index (χ0v) is 16.8. The fourth-order valence-electron chi connectivity index (χ4n) is 5.03. The Morgan fingerprint density at radius 2 is 2.04 bits per heavy atom. The summed E-state index contributed by atoms with van der Waals surface area (Å²) < 4.78 is 11.3. The Balaban J connectivity index is 1.28. The van der Waals surface area contributed by atoms with Gasteiger partial charge in [0.25, 0.3) is 0 Å². The summed E-state index contributed by atoms with van der Waals surface area (Å²) in [5.74, 6) is 4.24. The van der Waals surface area contributed by atoms with Crippen molar-refractivity contribution in [3.05, 3.63) is 36.2 Å². The molecule has 1 N–H and O–H groups in total. The van der Waals surface area contributed by atoms with E-state index < -0.39 is 0 Å². The summed E-state index contributed by atoms with van der Waals surface area (Å²) in [5, 5.41) is 3.62. The van der Waals surface area contributed by atoms with E-state index in [4.69, 9.17) is 9.15 Å². The lowest BCUT2D eigenvalue weighted by molar-refractivity contribution is -0.103. The Morgan fingerprint density at radius 3 is 2.74 bits per heavy atom. The van der Waals surface area contributed by atoms with Crippen molar-refractivity contribution in [1.82, 2.24) is 10.3 Å². The summed E-state index contributed by atoms with van der Waals surface area (Å²) in [5.41, 5.74) is 2.51. The van der Waals surface area contributed by atoms with Crippen LogP contribution in [-0.4, -0.2) is 18.1 Å². The van der Waals surface area contributed by atoms with Gasteiger partial charge in [-0.05, 0) is 79.7 Å². The minimum atomic E-state index is 0.554. The molecule has 4 nitrogen and oxygen atoms in total. The smallest absolute Gasteiger partial charge is 0.226 e. The molecule has 0 amide bonds. The van der Waals surface area contributed by atoms with Crippen LogP contribution in [0, 0.1) is 23.2 Å². The summed E-state index contributed by atoms with van der Waals surface area (Å²) in [4.78, 5) is 4.64. The van der Waals surface area contributed by atoms with E-state index in [1.165, 1.54) is 19.3 Å². The van der Waals surface area contributed by atoms with Gasteiger partial charge >= 0.3 is 0 Å². The zero-order chi connectivity index (χ0) is 18.9. The molecule has 3 aliphatic carbocycles. The van der Waals surface area contributed by atoms with Crippen molar-refractivity contribution in [1.29, 1.82) is 0 Å². The molecule has 146 valence electrons. The van der Waals surface area contributed by atoms with Crippen LogP contribution in [0.15, 0.2) is 34.9 Å². The molecule has 3 atom stereocenters. The van der Waals surface area contributed by atoms with E-state index in [2.05, 4.69) is 31.1 Å². The maximum atomic E-state index is 5.68. The lowest BCUT2D eigenvalue weighted by Gasteiger charge is -2.60. The van der Waals surface area contributed by atoms with Crippen molar-refractivity contribution in [3.63, 3.8) is 0 Å². The number of aromatic nitrogens is 1. The molecule has 0 aliphatic heterocycles. The molecule has 2 bridgehead atoms. The summed E-state index contributed by atoms with van der Waals surface area (Å²) in [6.07, 6.45) is 7.00. The van der Waals surface area contributed by atoms with Crippen molar-refractivity contribution in [2.75, 3.05) is 13.2 Å². The van der Waals surface area contributed by atoms with Crippen LogP contribution in [0.25, 0.3) is 11.5 Å². The number of rotatable bonds is 8. The van der Waals surface area contributed by atoms with Gasteiger partial charge in [-0.2, -0.15) is 0 Å². The number of hydrogen-bond donors (Lipinski definition) is 1. The standard InChI is InChI=1S/C23H32N2O2/c1-4-11-26-20-9-6-16(7-10-20)22-25-19(15-27-22)14-24-13-17-5-8-18-12-21(17)23(18,2)3/h6-7,9-10,15,17-18,21,24H,4-5,8,11-14H2,1-3H3/t17-,18-,21-/m0/s1. The molecule has 4 heteroatoms. The van der Waals surface area contributed by atoms with Gasteiger partial charge in [0.05, 0.1) is 12.3 Å². The first-order chi connectivity index (χ1) is 13.1. The average molecular weight is 369 g/mol. The predicted octanol–water partition coefficient (Wildman–Crippen LogP) is 5.29. The van der Waals surface area contributed by atoms with Gasteiger partial charge in [0.2, 0.25) is 5.89 Å². The van der Waals surface area contributed by atoms with Gasteiger partial charge in [-0.25, -0.2) is 4.98 Å². The number of nitrogens with zero attached hydrogens (tertiary/aromatic N) is 1. The lowest BCUT2D eigenvalue weighted by atomic mass is 9.45. The van der Waals surface area contributed by atoms with E-state index in [9.17, 15) is 0 Å². The van der Waals surface area contributed by atoms with Crippen LogP contribution in [0.1, 0.15) is 52.1 Å². The maximum absolute atomic E-state index is 5.68. The van der Waals surface area contributed by atoms with E-state index in [1.54, 1.807) is 6.26 Å². The first-order valence-electron chi connectivity index (χ1n) is 10.5. The van der Waals surface area contributed by atoms with Crippen molar-refractivity contribution < 1.29 is 9.15 Å². The molecule has 3 fully saturated rings. The highest BCUT2D eigenvalue weighted by Gasteiger charge is 2.53. The van der Waals surface area contributed by atoms with Crippen LogP contribution in [-0.2, 0) is 6.54 Å². The Bertz CT molecular complexity index is 748. The molecule has 0 spiro atoms. The van der Waals surface area contributed by atoms with Crippen LogP contribution in [0.4, 0.5) is 0 Å². The maximum Gasteiger partial charge on any atom is 0.226 e. The lowest BCUT2D eigenvalue weighted by Crippen LogP contribution is -2.54. The third-order valence-electron chi connectivity index (χ3n) is 6.84. The van der Waals surface area contributed by atoms with Crippen LogP contribution < -0.4 is 10.1 Å². The molecule has 1 aromatic carbocycles. The summed E-state index contributed by atoms with van der Waals surface area (Å²) in [7, 11) is 0. The number of nitrogens with one attached hydrogen (secondary N) is 1. The molecular formula is C23H32N2O2. The molecule has 2 aromatic rings. The molecule has 1 aromatic heterocycles. The predicted molar refractivity (Wildman–Crippen MR) is 108 cm³/mol. The topological polar surface area (TPSA) is 47.3 Å². The quantitative estimate of drug-likeness (QED) is 0.687. The molecule has 3 saturated carbocycles. The van der Waals surface area contributed by atoms with Gasteiger partial charge in [0.1, 0.15) is 12.0 Å². The van der Waals surface area contributed by atoms with Gasteiger partial charge in [-0.3, -0.25) is 0 Å². The average Bonchev–Trinajstić information content (AvgIpc) is 3.15. The SMILES string of the molecule is CCCOc1ccc(-c2nc(CNC[C@@H]3CC[C@H]4C[C@@H]3C4(C)C)co2)cc1. The van der Waals surface area contributed by atoms with Gasteiger partial charge in [0, 0.05) is 12.1 Å². The van der Waals surface area contributed by atoms with E-state index in [-0.39, 0.29) is 0 Å². The number of ether oxygens (including phenoxy) is 1. The second kappa shape index (κ2) is 7.67. The van der Waals surface area contributed by atoms with Crippen LogP contribution >= 0.6 is 0 Å². The second-order valence-electron chi connectivity index (χ2n) is 8.85. The van der Waals surface area contributed by atoms with Crippen molar-refractivity contribution >= 4 is 0 Å². The third kappa shape index (κ3) is 3.77. The Labute approximate surface area is 162 Å². The Hall–Kier alpha value is -1.81. The molecule has 3 aliphatic rings. The summed E-state index contributed by atoms with van der Waals surface area (Å²) in [6, 6.07) is 7.96. The van der Waals surface area contributed by atoms with Crippen molar-refractivity contribution in [3.8, 4) is 17.2 Å². The third-order valence-corrected chi connectivity index (χ3v) is 6.84. The minimum Gasteiger partial charge on any atom is -0.494 e. The fourth-order valence-corrected chi connectivity index (χ4v) is 5.03. The first kappa shape index (κ1) is 18.5. The van der Waals surface area contributed by atoms with E-state index in [0.717, 1.165) is 60.9 Å². The normalized spacial score (nSPS) is 25.8. The van der Waals surface area contributed by atoms with Crippen LogP contribution in [0.5, 0.6) is 5.75 Å². The zero-order valence-electron chi connectivity index (χ0n) is 16.8. The number of hydrogen-bond acceptors (Lipinski definition) is 4. The van der Waals surface area contributed by atoms with E-state index in [1.807, 2.05) is 24.3 Å². The van der Waals surface area contributed by atoms with Gasteiger partial charge < -0.3 is 14.5 Å². The summed E-state index contributed by atoms with van der Waals surface area (Å²) >= 11 is 0. The highest BCUT2D eigenvalue weighted by Crippen LogP contribution is 2.61. The molecule has 5 rings (SSSR count). The van der Waals surface area contributed by atoms with Gasteiger partial charge in [-0.15, -0.1) is 0 Å². The van der Waals surface area contributed by atoms with Crippen LogP contribution in [0.3, 0.4) is 0 Å². The second-order valence-corrected chi connectivity index (χ2v) is 8.85. The number of fused-ring (bicyclic) bond motifs is 2. The van der Waals surface area contributed by atoms with Crippen molar-refractivity contribution in [2.24, 2.45) is 23.2 Å². The van der Waals surface area contributed by atoms with Gasteiger partial charge in [0.15, 0.2) is 0 Å². The molecule has 1 heterocycles. The van der Waals surface area contributed by atoms with E-state index >= 15 is 0 Å². The van der Waals surface area contributed by atoms with Gasteiger partial charge in [-0.1, -0.05) is 20.8 Å². The molecular weight excluding hydrogens is 336 g/mol. The fraction of sp³-hybridized carbons (Fsp3) is 0.609. The molecule has 0 radical (unpaired) electrons. The monoisotopic (exact) mass is 368 g/mol. The molecule has 0 saturated heterocycles. The van der Waals surface area contributed by atoms with E-state index in [0.29, 0.717) is 11.3 Å².